The molecule has 18 heavy (non-hydrogen) atoms. The summed E-state index contributed by atoms with van der Waals surface area (Å²) in [6, 6.07) is 4.89. The van der Waals surface area contributed by atoms with Crippen LogP contribution in [0.5, 0.6) is 0 Å². The molecule has 6 heteroatoms. The molecule has 0 saturated heterocycles. The first-order valence-electron chi connectivity index (χ1n) is 5.55. The molecule has 0 spiro atoms. The zero-order valence-electron chi connectivity index (χ0n) is 10.2. The Bertz CT molecular complexity index is 639. The summed E-state index contributed by atoms with van der Waals surface area (Å²) in [5.74, 6) is -0.477. The van der Waals surface area contributed by atoms with Gasteiger partial charge in [-0.15, -0.1) is 0 Å². The molecule has 0 atom stereocenters. The number of aromatic nitrogens is 1. The normalized spacial score (nSPS) is 11.7. The Balaban J connectivity index is 2.34. The molecule has 1 aromatic carbocycles. The lowest BCUT2D eigenvalue weighted by Crippen LogP contribution is -2.39. The Morgan fingerprint density at radius 2 is 2.22 bits per heavy atom. The minimum Gasteiger partial charge on any atom is -0.408 e. The Hall–Kier alpha value is -2.24. The molecule has 4 N–H and O–H groups in total. The average Bonchev–Trinajstić information content (AvgIpc) is 2.65. The summed E-state index contributed by atoms with van der Waals surface area (Å²) in [6.45, 7) is 4.34. The molecule has 0 aliphatic carbocycles. The first-order valence-corrected chi connectivity index (χ1v) is 5.55. The molecule has 2 aromatic rings. The van der Waals surface area contributed by atoms with E-state index in [-0.39, 0.29) is 5.41 Å². The van der Waals surface area contributed by atoms with Gasteiger partial charge < -0.3 is 15.5 Å². The number of benzene rings is 1. The average molecular weight is 249 g/mol. The van der Waals surface area contributed by atoms with Crippen LogP contribution in [0.15, 0.2) is 27.4 Å². The van der Waals surface area contributed by atoms with Gasteiger partial charge in [-0.25, -0.2) is 9.59 Å². The lowest BCUT2D eigenvalue weighted by atomic mass is 9.84. The van der Waals surface area contributed by atoms with Gasteiger partial charge in [-0.05, 0) is 17.7 Å². The van der Waals surface area contributed by atoms with Crippen LogP contribution < -0.4 is 16.8 Å². The largest absolute Gasteiger partial charge is 0.417 e. The van der Waals surface area contributed by atoms with Crippen molar-refractivity contribution in [3.05, 3.63) is 34.3 Å². The number of carbonyl (C=O) groups is 1. The predicted molar refractivity (Wildman–Crippen MR) is 67.4 cm³/mol. The van der Waals surface area contributed by atoms with Crippen molar-refractivity contribution in [3.8, 4) is 0 Å². The van der Waals surface area contributed by atoms with E-state index >= 15 is 0 Å². The Labute approximate surface area is 103 Å². The van der Waals surface area contributed by atoms with Gasteiger partial charge in [0, 0.05) is 12.0 Å². The molecular formula is C12H15N3O3. The highest BCUT2D eigenvalue weighted by atomic mass is 16.4. The van der Waals surface area contributed by atoms with Gasteiger partial charge in [0.05, 0.1) is 5.52 Å². The topological polar surface area (TPSA) is 101 Å². The fourth-order valence-electron chi connectivity index (χ4n) is 1.78. The second-order valence-electron chi connectivity index (χ2n) is 4.83. The third-order valence-electron chi connectivity index (χ3n) is 2.91. The van der Waals surface area contributed by atoms with Gasteiger partial charge in [-0.3, -0.25) is 4.98 Å². The van der Waals surface area contributed by atoms with E-state index in [0.717, 1.165) is 5.56 Å². The minimum absolute atomic E-state index is 0.306. The van der Waals surface area contributed by atoms with Gasteiger partial charge in [0.25, 0.3) is 0 Å². The van der Waals surface area contributed by atoms with Crippen LogP contribution in [0.1, 0.15) is 19.4 Å². The first-order chi connectivity index (χ1) is 8.38. The van der Waals surface area contributed by atoms with Crippen LogP contribution in [0, 0.1) is 0 Å². The summed E-state index contributed by atoms with van der Waals surface area (Å²) in [4.78, 5) is 24.4. The number of nitrogens with two attached hydrogens (primary N) is 1. The summed E-state index contributed by atoms with van der Waals surface area (Å²) in [6.07, 6.45) is 0. The summed E-state index contributed by atoms with van der Waals surface area (Å²) in [5, 5.41) is 2.58. The Kier molecular flexibility index (Phi) is 2.86. The highest BCUT2D eigenvalue weighted by Crippen LogP contribution is 2.25. The molecule has 0 bridgehead atoms. The number of oxazole rings is 1. The Morgan fingerprint density at radius 1 is 1.50 bits per heavy atom. The van der Waals surface area contributed by atoms with Crippen LogP contribution >= 0.6 is 0 Å². The lowest BCUT2D eigenvalue weighted by molar-refractivity contribution is 0.246. The maximum absolute atomic E-state index is 11.1. The highest BCUT2D eigenvalue weighted by Gasteiger charge is 2.22. The number of aromatic amines is 1. The van der Waals surface area contributed by atoms with Crippen LogP contribution in [0.25, 0.3) is 11.1 Å². The maximum Gasteiger partial charge on any atom is 0.417 e. The van der Waals surface area contributed by atoms with Crippen molar-refractivity contribution in [2.45, 2.75) is 19.3 Å². The van der Waals surface area contributed by atoms with Gasteiger partial charge >= 0.3 is 11.8 Å². The molecule has 0 fully saturated rings. The maximum atomic E-state index is 11.1. The van der Waals surface area contributed by atoms with Crippen molar-refractivity contribution < 1.29 is 9.21 Å². The summed E-state index contributed by atoms with van der Waals surface area (Å²) in [7, 11) is 0. The monoisotopic (exact) mass is 249 g/mol. The fraction of sp³-hybridized carbons (Fsp3) is 0.333. The van der Waals surface area contributed by atoms with E-state index in [1.165, 1.54) is 0 Å². The lowest BCUT2D eigenvalue weighted by Gasteiger charge is -2.25. The molecule has 0 aliphatic rings. The zero-order chi connectivity index (χ0) is 13.3. The number of carbonyl (C=O) groups excluding carboxylic acids is 1. The molecule has 2 amide bonds. The third kappa shape index (κ3) is 2.37. The van der Waals surface area contributed by atoms with Crippen molar-refractivity contribution in [1.82, 2.24) is 10.3 Å². The second-order valence-corrected chi connectivity index (χ2v) is 4.83. The van der Waals surface area contributed by atoms with E-state index in [1.807, 2.05) is 19.9 Å². The molecule has 6 nitrogen and oxygen atoms in total. The molecule has 2 rings (SSSR count). The molecule has 0 unspecified atom stereocenters. The number of H-pyrrole nitrogens is 1. The van der Waals surface area contributed by atoms with Crippen molar-refractivity contribution >= 4 is 17.1 Å². The standard InChI is InChI=1S/C12H15N3O3/c1-12(2,6-14-10(13)16)7-3-4-8-9(5-7)18-11(17)15-8/h3-5H,6H2,1-2H3,(H,15,17)(H3,13,14,16). The number of hydrogen-bond donors (Lipinski definition) is 3. The van der Waals surface area contributed by atoms with Crippen molar-refractivity contribution in [2.24, 2.45) is 5.73 Å². The Morgan fingerprint density at radius 3 is 2.89 bits per heavy atom. The van der Waals surface area contributed by atoms with E-state index in [9.17, 15) is 9.59 Å². The van der Waals surface area contributed by atoms with Crippen LogP contribution in [0.4, 0.5) is 4.79 Å². The van der Waals surface area contributed by atoms with Crippen LogP contribution in [-0.2, 0) is 5.41 Å². The fourth-order valence-corrected chi connectivity index (χ4v) is 1.78. The summed E-state index contributed by atoms with van der Waals surface area (Å²) >= 11 is 0. The van der Waals surface area contributed by atoms with E-state index in [0.29, 0.717) is 17.6 Å². The molecule has 0 saturated carbocycles. The van der Waals surface area contributed by atoms with Crippen molar-refractivity contribution in [2.75, 3.05) is 6.54 Å². The molecule has 96 valence electrons. The number of amides is 2. The number of urea groups is 1. The quantitative estimate of drug-likeness (QED) is 0.758. The number of rotatable bonds is 3. The number of fused-ring (bicyclic) bond motifs is 1. The van der Waals surface area contributed by atoms with Crippen LogP contribution in [0.3, 0.4) is 0 Å². The van der Waals surface area contributed by atoms with E-state index in [2.05, 4.69) is 10.3 Å². The van der Waals surface area contributed by atoms with Crippen molar-refractivity contribution in [3.63, 3.8) is 0 Å². The van der Waals surface area contributed by atoms with E-state index in [1.54, 1.807) is 12.1 Å². The van der Waals surface area contributed by atoms with Gasteiger partial charge in [-0.1, -0.05) is 19.9 Å². The smallest absolute Gasteiger partial charge is 0.408 e. The number of primary amides is 1. The van der Waals surface area contributed by atoms with Gasteiger partial charge in [0.1, 0.15) is 0 Å². The molecular weight excluding hydrogens is 234 g/mol. The van der Waals surface area contributed by atoms with E-state index in [4.69, 9.17) is 10.2 Å². The van der Waals surface area contributed by atoms with Crippen molar-refractivity contribution in [1.29, 1.82) is 0 Å². The molecule has 1 aromatic heterocycles. The zero-order valence-corrected chi connectivity index (χ0v) is 10.2. The van der Waals surface area contributed by atoms with Gasteiger partial charge in [-0.2, -0.15) is 0 Å². The number of hydrogen-bond acceptors (Lipinski definition) is 3. The first kappa shape index (κ1) is 12.2. The van der Waals surface area contributed by atoms with Crippen LogP contribution in [-0.4, -0.2) is 17.6 Å². The molecule has 0 radical (unpaired) electrons. The van der Waals surface area contributed by atoms with E-state index < -0.39 is 11.8 Å². The highest BCUT2D eigenvalue weighted by molar-refractivity contribution is 5.73. The van der Waals surface area contributed by atoms with Gasteiger partial charge in [0.2, 0.25) is 0 Å². The summed E-state index contributed by atoms with van der Waals surface area (Å²) in [5.41, 5.74) is 6.86. The van der Waals surface area contributed by atoms with Crippen LogP contribution in [0.2, 0.25) is 0 Å². The molecule has 1 heterocycles. The second kappa shape index (κ2) is 4.21. The SMILES string of the molecule is CC(C)(CNC(N)=O)c1ccc2[nH]c(=O)oc2c1. The number of nitrogens with one attached hydrogen (secondary N) is 2. The van der Waals surface area contributed by atoms with Gasteiger partial charge in [0.15, 0.2) is 5.58 Å². The third-order valence-corrected chi connectivity index (χ3v) is 2.91. The minimum atomic E-state index is -0.558. The summed E-state index contributed by atoms with van der Waals surface area (Å²) < 4.78 is 5.01. The predicted octanol–water partition coefficient (Wildman–Crippen LogP) is 1.07. The molecule has 0 aliphatic heterocycles.